The summed E-state index contributed by atoms with van der Waals surface area (Å²) in [4.78, 5) is 11.8. The highest BCUT2D eigenvalue weighted by molar-refractivity contribution is 9.09. The summed E-state index contributed by atoms with van der Waals surface area (Å²) in [6.45, 7) is 4.83. The Morgan fingerprint density at radius 1 is 1.35 bits per heavy atom. The molecule has 1 N–H and O–H groups in total. The molecule has 0 aliphatic heterocycles. The van der Waals surface area contributed by atoms with E-state index >= 15 is 0 Å². The van der Waals surface area contributed by atoms with E-state index < -0.39 is 0 Å². The molecule has 1 aromatic rings. The van der Waals surface area contributed by atoms with E-state index in [1.54, 1.807) is 31.4 Å². The van der Waals surface area contributed by atoms with Gasteiger partial charge in [0.05, 0.1) is 7.11 Å². The number of carbonyl (C=O) groups excluding carboxylic acids is 1. The summed E-state index contributed by atoms with van der Waals surface area (Å²) < 4.78 is 5.04. The molecule has 0 spiro atoms. The number of amides is 1. The summed E-state index contributed by atoms with van der Waals surface area (Å²) in [6, 6.07) is 7.08. The van der Waals surface area contributed by atoms with Gasteiger partial charge in [-0.15, -0.1) is 0 Å². The third-order valence-electron chi connectivity index (χ3n) is 2.44. The minimum atomic E-state index is -0.0540. The number of benzene rings is 1. The fraction of sp³-hybridized carbons (Fsp3) is 0.462. The molecule has 0 fully saturated rings. The summed E-state index contributed by atoms with van der Waals surface area (Å²) >= 11 is 3.43. The van der Waals surface area contributed by atoms with Crippen LogP contribution in [0.25, 0.3) is 0 Å². The standard InChI is InChI=1S/C13H18BrNO2/c1-13(2,8-14)9-15-12(16)10-4-6-11(17-3)7-5-10/h4-7H,8-9H2,1-3H3,(H,15,16). The molecule has 0 aliphatic carbocycles. The number of halogens is 1. The first kappa shape index (κ1) is 14.0. The van der Waals surface area contributed by atoms with E-state index in [0.717, 1.165) is 11.1 Å². The number of carbonyl (C=O) groups is 1. The summed E-state index contributed by atoms with van der Waals surface area (Å²) in [5, 5.41) is 3.77. The van der Waals surface area contributed by atoms with E-state index in [-0.39, 0.29) is 11.3 Å². The molecule has 0 aromatic heterocycles. The van der Waals surface area contributed by atoms with E-state index in [1.807, 2.05) is 0 Å². The smallest absolute Gasteiger partial charge is 0.251 e. The average Bonchev–Trinajstić information content (AvgIpc) is 2.36. The SMILES string of the molecule is COc1ccc(C(=O)NCC(C)(C)CBr)cc1. The lowest BCUT2D eigenvalue weighted by atomic mass is 9.97. The van der Waals surface area contributed by atoms with Gasteiger partial charge in [-0.1, -0.05) is 29.8 Å². The van der Waals surface area contributed by atoms with Crippen molar-refractivity contribution in [3.63, 3.8) is 0 Å². The van der Waals surface area contributed by atoms with Crippen molar-refractivity contribution in [1.29, 1.82) is 0 Å². The van der Waals surface area contributed by atoms with Crippen LogP contribution in [0.15, 0.2) is 24.3 Å². The van der Waals surface area contributed by atoms with Crippen molar-refractivity contribution in [2.24, 2.45) is 5.41 Å². The zero-order chi connectivity index (χ0) is 12.9. The third kappa shape index (κ3) is 4.38. The Bertz CT molecular complexity index is 374. The van der Waals surface area contributed by atoms with Crippen LogP contribution in [0.4, 0.5) is 0 Å². The van der Waals surface area contributed by atoms with E-state index in [0.29, 0.717) is 12.1 Å². The predicted molar refractivity (Wildman–Crippen MR) is 72.9 cm³/mol. The molecule has 0 saturated heterocycles. The number of rotatable bonds is 5. The van der Waals surface area contributed by atoms with Crippen LogP contribution in [0.5, 0.6) is 5.75 Å². The highest BCUT2D eigenvalue weighted by atomic mass is 79.9. The van der Waals surface area contributed by atoms with Gasteiger partial charge in [-0.3, -0.25) is 4.79 Å². The maximum Gasteiger partial charge on any atom is 0.251 e. The second kappa shape index (κ2) is 6.05. The van der Waals surface area contributed by atoms with Gasteiger partial charge >= 0.3 is 0 Å². The zero-order valence-electron chi connectivity index (χ0n) is 10.4. The summed E-state index contributed by atoms with van der Waals surface area (Å²) in [5.74, 6) is 0.698. The molecule has 1 rings (SSSR count). The normalized spacial score (nSPS) is 11.1. The van der Waals surface area contributed by atoms with Crippen LogP contribution in [0, 0.1) is 5.41 Å². The number of ether oxygens (including phenoxy) is 1. The van der Waals surface area contributed by atoms with Crippen molar-refractivity contribution < 1.29 is 9.53 Å². The zero-order valence-corrected chi connectivity index (χ0v) is 12.0. The average molecular weight is 300 g/mol. The van der Waals surface area contributed by atoms with Gasteiger partial charge < -0.3 is 10.1 Å². The lowest BCUT2D eigenvalue weighted by Gasteiger charge is -2.21. The molecular formula is C13H18BrNO2. The maximum atomic E-state index is 11.8. The van der Waals surface area contributed by atoms with Gasteiger partial charge in [-0.2, -0.15) is 0 Å². The Hall–Kier alpha value is -1.03. The van der Waals surface area contributed by atoms with Crippen molar-refractivity contribution >= 4 is 21.8 Å². The molecule has 0 bridgehead atoms. The van der Waals surface area contributed by atoms with E-state index in [9.17, 15) is 4.79 Å². The van der Waals surface area contributed by atoms with Crippen LogP contribution in [0.3, 0.4) is 0 Å². The van der Waals surface area contributed by atoms with E-state index in [1.165, 1.54) is 0 Å². The van der Waals surface area contributed by atoms with Crippen LogP contribution in [-0.2, 0) is 0 Å². The number of alkyl halides is 1. The molecule has 3 nitrogen and oxygen atoms in total. The summed E-state index contributed by atoms with van der Waals surface area (Å²) in [7, 11) is 1.60. The van der Waals surface area contributed by atoms with Crippen LogP contribution in [0.2, 0.25) is 0 Å². The van der Waals surface area contributed by atoms with Gasteiger partial charge in [0.15, 0.2) is 0 Å². The van der Waals surface area contributed by atoms with Gasteiger partial charge in [0.2, 0.25) is 0 Å². The number of hydrogen-bond acceptors (Lipinski definition) is 2. The Kier molecular flexibility index (Phi) is 5.00. The van der Waals surface area contributed by atoms with Crippen LogP contribution >= 0.6 is 15.9 Å². The van der Waals surface area contributed by atoms with Gasteiger partial charge in [0, 0.05) is 17.4 Å². The Balaban J connectivity index is 2.58. The molecule has 0 heterocycles. The molecule has 0 saturated carbocycles. The van der Waals surface area contributed by atoms with Gasteiger partial charge in [0.1, 0.15) is 5.75 Å². The third-order valence-corrected chi connectivity index (χ3v) is 3.96. The minimum absolute atomic E-state index is 0.0540. The fourth-order valence-electron chi connectivity index (χ4n) is 1.21. The number of nitrogens with one attached hydrogen (secondary N) is 1. The summed E-state index contributed by atoms with van der Waals surface area (Å²) in [5.41, 5.74) is 0.707. The largest absolute Gasteiger partial charge is 0.497 e. The van der Waals surface area contributed by atoms with Crippen molar-refractivity contribution in [2.75, 3.05) is 19.0 Å². The molecule has 1 aromatic carbocycles. The number of methoxy groups -OCH3 is 1. The highest BCUT2D eigenvalue weighted by Gasteiger charge is 2.17. The van der Waals surface area contributed by atoms with Gasteiger partial charge in [-0.25, -0.2) is 0 Å². The summed E-state index contributed by atoms with van der Waals surface area (Å²) in [6.07, 6.45) is 0. The molecule has 0 aliphatic rings. The van der Waals surface area contributed by atoms with Crippen LogP contribution in [-0.4, -0.2) is 24.9 Å². The topological polar surface area (TPSA) is 38.3 Å². The first-order chi connectivity index (χ1) is 7.98. The maximum absolute atomic E-state index is 11.8. The molecule has 0 atom stereocenters. The lowest BCUT2D eigenvalue weighted by molar-refractivity contribution is 0.0940. The molecule has 17 heavy (non-hydrogen) atoms. The van der Waals surface area contributed by atoms with Crippen molar-refractivity contribution in [3.05, 3.63) is 29.8 Å². The molecule has 1 amide bonds. The monoisotopic (exact) mass is 299 g/mol. The quantitative estimate of drug-likeness (QED) is 0.849. The lowest BCUT2D eigenvalue weighted by Crippen LogP contribution is -2.34. The van der Waals surface area contributed by atoms with E-state index in [4.69, 9.17) is 4.74 Å². The second-order valence-corrected chi connectivity index (χ2v) is 5.27. The second-order valence-electron chi connectivity index (χ2n) is 4.71. The van der Waals surface area contributed by atoms with Gasteiger partial charge in [-0.05, 0) is 29.7 Å². The fourth-order valence-corrected chi connectivity index (χ4v) is 1.41. The van der Waals surface area contributed by atoms with Crippen molar-refractivity contribution in [2.45, 2.75) is 13.8 Å². The van der Waals surface area contributed by atoms with Crippen LogP contribution < -0.4 is 10.1 Å². The minimum Gasteiger partial charge on any atom is -0.497 e. The Morgan fingerprint density at radius 3 is 2.41 bits per heavy atom. The van der Waals surface area contributed by atoms with E-state index in [2.05, 4.69) is 35.1 Å². The predicted octanol–water partition coefficient (Wildman–Crippen LogP) is 2.85. The van der Waals surface area contributed by atoms with Crippen molar-refractivity contribution in [1.82, 2.24) is 5.32 Å². The number of hydrogen-bond donors (Lipinski definition) is 1. The first-order valence-corrected chi connectivity index (χ1v) is 6.59. The molecular weight excluding hydrogens is 282 g/mol. The molecule has 0 unspecified atom stereocenters. The molecule has 0 radical (unpaired) electrons. The molecule has 94 valence electrons. The van der Waals surface area contributed by atoms with Crippen LogP contribution in [0.1, 0.15) is 24.2 Å². The first-order valence-electron chi connectivity index (χ1n) is 5.47. The Labute approximate surface area is 111 Å². The highest BCUT2D eigenvalue weighted by Crippen LogP contribution is 2.17. The molecule has 4 heteroatoms. The van der Waals surface area contributed by atoms with Crippen molar-refractivity contribution in [3.8, 4) is 5.75 Å². The van der Waals surface area contributed by atoms with Gasteiger partial charge in [0.25, 0.3) is 5.91 Å². The Morgan fingerprint density at radius 2 is 1.94 bits per heavy atom.